The van der Waals surface area contributed by atoms with Gasteiger partial charge in [0, 0.05) is 24.9 Å². The molecule has 4 nitrogen and oxygen atoms in total. The molecule has 1 spiro atoms. The summed E-state index contributed by atoms with van der Waals surface area (Å²) in [6, 6.07) is 0.650. The summed E-state index contributed by atoms with van der Waals surface area (Å²) in [5.41, 5.74) is 0.363. The average molecular weight is 291 g/mol. The molecule has 2 atom stereocenters. The maximum absolute atomic E-state index is 6.31. The molecule has 0 aromatic carbocycles. The Kier molecular flexibility index (Phi) is 4.53. The first-order valence-corrected chi connectivity index (χ1v) is 8.63. The Balaban J connectivity index is 1.70. The molecule has 3 rings (SSSR count). The Hall–Kier alpha value is -1.03. The summed E-state index contributed by atoms with van der Waals surface area (Å²) in [7, 11) is 1.95. The molecule has 21 heavy (non-hydrogen) atoms. The maximum Gasteiger partial charge on any atom is 0.157 e. The van der Waals surface area contributed by atoms with Gasteiger partial charge in [-0.25, -0.2) is 0 Å². The van der Waals surface area contributed by atoms with Crippen molar-refractivity contribution < 1.29 is 4.74 Å². The van der Waals surface area contributed by atoms with Crippen LogP contribution in [-0.4, -0.2) is 28.5 Å². The van der Waals surface area contributed by atoms with Gasteiger partial charge in [0.2, 0.25) is 0 Å². The van der Waals surface area contributed by atoms with Crippen LogP contribution in [0.4, 0.5) is 0 Å². The van der Waals surface area contributed by atoms with Crippen LogP contribution in [0.15, 0.2) is 12.4 Å². The zero-order chi connectivity index (χ0) is 14.7. The summed E-state index contributed by atoms with van der Waals surface area (Å²) < 4.78 is 8.13. The van der Waals surface area contributed by atoms with E-state index < -0.39 is 0 Å². The van der Waals surface area contributed by atoms with Crippen molar-refractivity contribution in [1.29, 1.82) is 0 Å². The van der Waals surface area contributed by atoms with Gasteiger partial charge in [0.1, 0.15) is 6.10 Å². The first kappa shape index (κ1) is 14.9. The van der Waals surface area contributed by atoms with Crippen LogP contribution in [-0.2, 0) is 7.05 Å². The van der Waals surface area contributed by atoms with Crippen LogP contribution in [0.1, 0.15) is 58.3 Å². The molecule has 4 heteroatoms. The van der Waals surface area contributed by atoms with Gasteiger partial charge in [-0.2, -0.15) is 5.10 Å². The van der Waals surface area contributed by atoms with Crippen LogP contribution in [0, 0.1) is 5.41 Å². The second-order valence-corrected chi connectivity index (χ2v) is 6.85. The van der Waals surface area contributed by atoms with Gasteiger partial charge in [0.25, 0.3) is 0 Å². The van der Waals surface area contributed by atoms with Gasteiger partial charge in [0.05, 0.1) is 12.4 Å². The molecule has 2 saturated carbocycles. The number of hydrogen-bond acceptors (Lipinski definition) is 3. The molecular weight excluding hydrogens is 262 g/mol. The highest BCUT2D eigenvalue weighted by Crippen LogP contribution is 2.52. The quantitative estimate of drug-likeness (QED) is 0.905. The van der Waals surface area contributed by atoms with Gasteiger partial charge in [0.15, 0.2) is 5.75 Å². The van der Waals surface area contributed by atoms with Crippen molar-refractivity contribution in [2.75, 3.05) is 6.54 Å². The predicted molar refractivity (Wildman–Crippen MR) is 84.5 cm³/mol. The summed E-state index contributed by atoms with van der Waals surface area (Å²) in [6.45, 7) is 3.38. The summed E-state index contributed by atoms with van der Waals surface area (Å²) >= 11 is 0. The molecule has 0 saturated heterocycles. The summed E-state index contributed by atoms with van der Waals surface area (Å²) in [5, 5.41) is 8.00. The fourth-order valence-electron chi connectivity index (χ4n) is 4.20. The van der Waals surface area contributed by atoms with Crippen molar-refractivity contribution >= 4 is 0 Å². The Labute approximate surface area is 128 Å². The van der Waals surface area contributed by atoms with Crippen molar-refractivity contribution in [2.24, 2.45) is 12.5 Å². The first-order chi connectivity index (χ1) is 10.2. The zero-order valence-electron chi connectivity index (χ0n) is 13.5. The number of aryl methyl sites for hydroxylation is 1. The van der Waals surface area contributed by atoms with Crippen LogP contribution in [0.2, 0.25) is 0 Å². The molecule has 0 amide bonds. The van der Waals surface area contributed by atoms with Crippen molar-refractivity contribution in [2.45, 2.75) is 70.4 Å². The Morgan fingerprint density at radius 2 is 2.10 bits per heavy atom. The molecule has 0 bridgehead atoms. The summed E-state index contributed by atoms with van der Waals surface area (Å²) in [5.74, 6) is 0.931. The average Bonchev–Trinajstić information content (AvgIpc) is 2.74. The maximum atomic E-state index is 6.31. The van der Waals surface area contributed by atoms with E-state index in [1.165, 1.54) is 44.9 Å². The van der Waals surface area contributed by atoms with Gasteiger partial charge in [-0.3, -0.25) is 4.68 Å². The molecule has 1 aromatic rings. The number of aromatic nitrogens is 2. The van der Waals surface area contributed by atoms with E-state index in [2.05, 4.69) is 17.3 Å². The highest BCUT2D eigenvalue weighted by Gasteiger charge is 2.55. The van der Waals surface area contributed by atoms with Crippen LogP contribution in [0.3, 0.4) is 0 Å². The Morgan fingerprint density at radius 1 is 1.33 bits per heavy atom. The van der Waals surface area contributed by atoms with E-state index in [4.69, 9.17) is 4.74 Å². The molecule has 2 fully saturated rings. The monoisotopic (exact) mass is 291 g/mol. The van der Waals surface area contributed by atoms with E-state index in [-0.39, 0.29) is 0 Å². The fourth-order valence-corrected chi connectivity index (χ4v) is 4.20. The SMILES string of the molecule is CCCNC1CC(Oc2cnn(C)c2)C12CCCCCC2. The number of hydrogen-bond donors (Lipinski definition) is 1. The predicted octanol–water partition coefficient (Wildman–Crippen LogP) is 3.28. The van der Waals surface area contributed by atoms with Gasteiger partial charge >= 0.3 is 0 Å². The van der Waals surface area contributed by atoms with Crippen LogP contribution in [0.25, 0.3) is 0 Å². The van der Waals surface area contributed by atoms with Crippen LogP contribution >= 0.6 is 0 Å². The van der Waals surface area contributed by atoms with Gasteiger partial charge < -0.3 is 10.1 Å². The molecule has 2 unspecified atom stereocenters. The molecule has 1 heterocycles. The van der Waals surface area contributed by atoms with Gasteiger partial charge in [-0.15, -0.1) is 0 Å². The van der Waals surface area contributed by atoms with Crippen molar-refractivity contribution in [1.82, 2.24) is 15.1 Å². The van der Waals surface area contributed by atoms with Crippen LogP contribution < -0.4 is 10.1 Å². The normalized spacial score (nSPS) is 28.1. The van der Waals surface area contributed by atoms with E-state index in [0.717, 1.165) is 18.7 Å². The highest BCUT2D eigenvalue weighted by molar-refractivity contribution is 5.17. The topological polar surface area (TPSA) is 39.1 Å². The Morgan fingerprint density at radius 3 is 2.71 bits per heavy atom. The number of ether oxygens (including phenoxy) is 1. The standard InChI is InChI=1S/C17H29N3O/c1-3-10-18-15-11-16(21-14-12-19-20(2)13-14)17(15)8-6-4-5-7-9-17/h12-13,15-16,18H,3-11H2,1-2H3. The first-order valence-electron chi connectivity index (χ1n) is 8.63. The lowest BCUT2D eigenvalue weighted by atomic mass is 9.57. The smallest absolute Gasteiger partial charge is 0.157 e. The number of nitrogens with one attached hydrogen (secondary N) is 1. The molecule has 0 aliphatic heterocycles. The minimum absolute atomic E-state index is 0.363. The van der Waals surface area contributed by atoms with Gasteiger partial charge in [-0.1, -0.05) is 32.6 Å². The van der Waals surface area contributed by atoms with E-state index >= 15 is 0 Å². The summed E-state index contributed by atoms with van der Waals surface area (Å²) in [4.78, 5) is 0. The molecule has 2 aliphatic rings. The third-order valence-corrected chi connectivity index (χ3v) is 5.42. The molecule has 1 aromatic heterocycles. The van der Waals surface area contributed by atoms with E-state index in [1.54, 1.807) is 0 Å². The Bertz CT molecular complexity index is 449. The number of nitrogens with zero attached hydrogens (tertiary/aromatic N) is 2. The van der Waals surface area contributed by atoms with Crippen molar-refractivity contribution in [3.8, 4) is 5.75 Å². The second kappa shape index (κ2) is 6.39. The zero-order valence-corrected chi connectivity index (χ0v) is 13.5. The van der Waals surface area contributed by atoms with E-state index in [9.17, 15) is 0 Å². The lowest BCUT2D eigenvalue weighted by Crippen LogP contribution is -2.64. The molecule has 2 aliphatic carbocycles. The van der Waals surface area contributed by atoms with E-state index in [1.807, 2.05) is 24.1 Å². The third-order valence-electron chi connectivity index (χ3n) is 5.42. The molecule has 118 valence electrons. The number of rotatable bonds is 5. The minimum Gasteiger partial charge on any atom is -0.486 e. The molecule has 1 N–H and O–H groups in total. The van der Waals surface area contributed by atoms with Crippen molar-refractivity contribution in [3.05, 3.63) is 12.4 Å². The second-order valence-electron chi connectivity index (χ2n) is 6.85. The largest absolute Gasteiger partial charge is 0.486 e. The molecule has 0 radical (unpaired) electrons. The minimum atomic E-state index is 0.363. The highest BCUT2D eigenvalue weighted by atomic mass is 16.5. The lowest BCUT2D eigenvalue weighted by molar-refractivity contribution is -0.0904. The molecular formula is C17H29N3O. The van der Waals surface area contributed by atoms with Crippen LogP contribution in [0.5, 0.6) is 5.75 Å². The van der Waals surface area contributed by atoms with Gasteiger partial charge in [-0.05, 0) is 25.8 Å². The lowest BCUT2D eigenvalue weighted by Gasteiger charge is -2.55. The fraction of sp³-hybridized carbons (Fsp3) is 0.824. The third kappa shape index (κ3) is 2.96. The summed E-state index contributed by atoms with van der Waals surface area (Å²) in [6.07, 6.45) is 14.7. The van der Waals surface area contributed by atoms with E-state index in [0.29, 0.717) is 17.6 Å². The van der Waals surface area contributed by atoms with Crippen molar-refractivity contribution in [3.63, 3.8) is 0 Å².